The summed E-state index contributed by atoms with van der Waals surface area (Å²) in [5.74, 6) is 0.692. The number of anilines is 1. The number of aromatic nitrogens is 1. The summed E-state index contributed by atoms with van der Waals surface area (Å²) < 4.78 is 0. The van der Waals surface area contributed by atoms with Gasteiger partial charge in [-0.3, -0.25) is 4.79 Å². The molecule has 0 radical (unpaired) electrons. The molecule has 2 N–H and O–H groups in total. The second-order valence-corrected chi connectivity index (χ2v) is 4.19. The maximum Gasteiger partial charge on any atom is 0.251 e. The van der Waals surface area contributed by atoms with Gasteiger partial charge in [0.2, 0.25) is 0 Å². The van der Waals surface area contributed by atoms with Crippen LogP contribution in [0.3, 0.4) is 0 Å². The number of carbonyl (C=O) groups excluding carboxylic acids is 1. The summed E-state index contributed by atoms with van der Waals surface area (Å²) in [5.41, 5.74) is 0.683. The van der Waals surface area contributed by atoms with Gasteiger partial charge in [-0.05, 0) is 31.9 Å². The van der Waals surface area contributed by atoms with Gasteiger partial charge in [0.05, 0.1) is 0 Å². The normalized spacial score (nSPS) is 16.9. The average molecular weight is 205 g/mol. The Morgan fingerprint density at radius 3 is 2.87 bits per heavy atom. The molecule has 1 saturated carbocycles. The third-order valence-electron chi connectivity index (χ3n) is 2.69. The Kier molecular flexibility index (Phi) is 2.34. The van der Waals surface area contributed by atoms with Crippen molar-refractivity contribution < 1.29 is 4.79 Å². The first kappa shape index (κ1) is 9.96. The molecule has 0 aliphatic heterocycles. The Morgan fingerprint density at radius 2 is 2.27 bits per heavy atom. The Morgan fingerprint density at radius 1 is 1.53 bits per heavy atom. The largest absolute Gasteiger partial charge is 0.373 e. The van der Waals surface area contributed by atoms with Crippen molar-refractivity contribution in [2.45, 2.75) is 25.3 Å². The van der Waals surface area contributed by atoms with Gasteiger partial charge in [0.1, 0.15) is 5.82 Å². The molecular weight excluding hydrogens is 190 g/mol. The minimum Gasteiger partial charge on any atom is -0.373 e. The van der Waals surface area contributed by atoms with Crippen LogP contribution in [0, 0.1) is 0 Å². The third kappa shape index (κ3) is 2.26. The molecule has 4 nitrogen and oxygen atoms in total. The molecule has 2 rings (SSSR count). The molecule has 1 fully saturated rings. The summed E-state index contributed by atoms with van der Waals surface area (Å²) in [5, 5.41) is 5.91. The van der Waals surface area contributed by atoms with E-state index in [1.807, 2.05) is 0 Å². The first-order valence-corrected chi connectivity index (χ1v) is 5.09. The van der Waals surface area contributed by atoms with E-state index in [1.165, 1.54) is 0 Å². The van der Waals surface area contributed by atoms with Gasteiger partial charge in [0, 0.05) is 24.3 Å². The van der Waals surface area contributed by atoms with Crippen LogP contribution >= 0.6 is 0 Å². The number of nitrogens with one attached hydrogen (secondary N) is 2. The lowest BCUT2D eigenvalue weighted by Gasteiger charge is -2.11. The van der Waals surface area contributed by atoms with Gasteiger partial charge in [-0.1, -0.05) is 0 Å². The fourth-order valence-electron chi connectivity index (χ4n) is 1.37. The monoisotopic (exact) mass is 205 g/mol. The minimum absolute atomic E-state index is 0.0195. The lowest BCUT2D eigenvalue weighted by Crippen LogP contribution is -2.34. The van der Waals surface area contributed by atoms with Crippen LogP contribution in [-0.2, 0) is 0 Å². The summed E-state index contributed by atoms with van der Waals surface area (Å²) in [6.07, 6.45) is 3.78. The van der Waals surface area contributed by atoms with Gasteiger partial charge in [-0.15, -0.1) is 0 Å². The Hall–Kier alpha value is -1.58. The zero-order chi connectivity index (χ0) is 10.9. The van der Waals surface area contributed by atoms with E-state index in [2.05, 4.69) is 22.5 Å². The topological polar surface area (TPSA) is 54.0 Å². The molecule has 0 unspecified atom stereocenters. The van der Waals surface area contributed by atoms with Gasteiger partial charge in [-0.25, -0.2) is 4.98 Å². The van der Waals surface area contributed by atoms with Gasteiger partial charge in [-0.2, -0.15) is 0 Å². The second kappa shape index (κ2) is 3.53. The fraction of sp³-hybridized carbons (Fsp3) is 0.455. The molecule has 0 atom stereocenters. The Balaban J connectivity index is 2.10. The average Bonchev–Trinajstić information content (AvgIpc) is 2.96. The summed E-state index contributed by atoms with van der Waals surface area (Å²) >= 11 is 0. The van der Waals surface area contributed by atoms with Crippen molar-refractivity contribution in [2.75, 3.05) is 12.4 Å². The lowest BCUT2D eigenvalue weighted by molar-refractivity contribution is 0.0935. The van der Waals surface area contributed by atoms with Crippen LogP contribution < -0.4 is 10.6 Å². The minimum atomic E-state index is -0.0195. The van der Waals surface area contributed by atoms with Crippen molar-refractivity contribution in [3.05, 3.63) is 23.9 Å². The van der Waals surface area contributed by atoms with Crippen LogP contribution in [0.5, 0.6) is 0 Å². The number of rotatable bonds is 3. The lowest BCUT2D eigenvalue weighted by atomic mass is 10.2. The molecule has 1 aliphatic carbocycles. The van der Waals surface area contributed by atoms with E-state index in [0.717, 1.165) is 12.8 Å². The summed E-state index contributed by atoms with van der Waals surface area (Å²) in [7, 11) is 1.78. The summed E-state index contributed by atoms with van der Waals surface area (Å²) in [4.78, 5) is 15.9. The number of amides is 1. The van der Waals surface area contributed by atoms with Gasteiger partial charge >= 0.3 is 0 Å². The van der Waals surface area contributed by atoms with E-state index >= 15 is 0 Å². The quantitative estimate of drug-likeness (QED) is 0.784. The molecule has 1 heterocycles. The molecule has 1 amide bonds. The molecule has 0 bridgehead atoms. The fourth-order valence-corrected chi connectivity index (χ4v) is 1.37. The van der Waals surface area contributed by atoms with Crippen molar-refractivity contribution in [1.29, 1.82) is 0 Å². The summed E-state index contributed by atoms with van der Waals surface area (Å²) in [6, 6.07) is 3.48. The SMILES string of the molecule is CNc1cc(C(=O)NC2(C)CC2)ccn1. The van der Waals surface area contributed by atoms with Crippen LogP contribution in [0.25, 0.3) is 0 Å². The van der Waals surface area contributed by atoms with Crippen LogP contribution in [0.2, 0.25) is 0 Å². The molecule has 0 aromatic carbocycles. The number of nitrogens with zero attached hydrogens (tertiary/aromatic N) is 1. The molecule has 1 aromatic heterocycles. The predicted octanol–water partition coefficient (Wildman–Crippen LogP) is 1.41. The first-order chi connectivity index (χ1) is 7.13. The standard InChI is InChI=1S/C11H15N3O/c1-11(4-5-11)14-10(15)8-3-6-13-9(7-8)12-2/h3,6-7H,4-5H2,1-2H3,(H,12,13)(H,14,15). The number of carbonyl (C=O) groups is 1. The highest BCUT2D eigenvalue weighted by atomic mass is 16.1. The maximum atomic E-state index is 11.8. The predicted molar refractivity (Wildman–Crippen MR) is 58.9 cm³/mol. The third-order valence-corrected chi connectivity index (χ3v) is 2.69. The van der Waals surface area contributed by atoms with Crippen molar-refractivity contribution in [1.82, 2.24) is 10.3 Å². The van der Waals surface area contributed by atoms with E-state index in [9.17, 15) is 4.79 Å². The molecule has 80 valence electrons. The van der Waals surface area contributed by atoms with E-state index < -0.39 is 0 Å². The van der Waals surface area contributed by atoms with E-state index in [0.29, 0.717) is 11.4 Å². The highest BCUT2D eigenvalue weighted by molar-refractivity contribution is 5.95. The maximum absolute atomic E-state index is 11.8. The molecular formula is C11H15N3O. The molecule has 4 heteroatoms. The van der Waals surface area contributed by atoms with Gasteiger partial charge in [0.25, 0.3) is 5.91 Å². The van der Waals surface area contributed by atoms with Gasteiger partial charge in [0.15, 0.2) is 0 Å². The highest BCUT2D eigenvalue weighted by Crippen LogP contribution is 2.34. The molecule has 15 heavy (non-hydrogen) atoms. The van der Waals surface area contributed by atoms with Crippen molar-refractivity contribution in [3.63, 3.8) is 0 Å². The zero-order valence-corrected chi connectivity index (χ0v) is 9.00. The van der Waals surface area contributed by atoms with Gasteiger partial charge < -0.3 is 10.6 Å². The number of hydrogen-bond donors (Lipinski definition) is 2. The highest BCUT2D eigenvalue weighted by Gasteiger charge is 2.38. The smallest absolute Gasteiger partial charge is 0.251 e. The first-order valence-electron chi connectivity index (χ1n) is 5.09. The van der Waals surface area contributed by atoms with Crippen LogP contribution in [0.15, 0.2) is 18.3 Å². The van der Waals surface area contributed by atoms with Crippen molar-refractivity contribution in [3.8, 4) is 0 Å². The second-order valence-electron chi connectivity index (χ2n) is 4.19. The molecule has 0 saturated heterocycles. The Labute approximate surface area is 89.1 Å². The Bertz CT molecular complexity index is 385. The van der Waals surface area contributed by atoms with Crippen LogP contribution in [0.4, 0.5) is 5.82 Å². The zero-order valence-electron chi connectivity index (χ0n) is 9.00. The molecule has 0 spiro atoms. The molecule has 1 aliphatic rings. The van der Waals surface area contributed by atoms with Crippen molar-refractivity contribution >= 4 is 11.7 Å². The van der Waals surface area contributed by atoms with E-state index in [4.69, 9.17) is 0 Å². The number of pyridine rings is 1. The van der Waals surface area contributed by atoms with E-state index in [1.54, 1.807) is 25.4 Å². The van der Waals surface area contributed by atoms with Crippen LogP contribution in [-0.4, -0.2) is 23.5 Å². The van der Waals surface area contributed by atoms with Crippen molar-refractivity contribution in [2.24, 2.45) is 0 Å². The molecule has 1 aromatic rings. The number of hydrogen-bond acceptors (Lipinski definition) is 3. The summed E-state index contributed by atoms with van der Waals surface area (Å²) in [6.45, 7) is 2.06. The van der Waals surface area contributed by atoms with Crippen LogP contribution in [0.1, 0.15) is 30.1 Å². The van der Waals surface area contributed by atoms with E-state index in [-0.39, 0.29) is 11.4 Å².